The second-order valence-electron chi connectivity index (χ2n) is 3.22. The molecular formula is C9H10N4O6S. The topological polar surface area (TPSA) is 118 Å². The van der Waals surface area contributed by atoms with E-state index in [1.165, 1.54) is 20.4 Å². The van der Waals surface area contributed by atoms with Gasteiger partial charge >= 0.3 is 5.97 Å². The Labute approximate surface area is 116 Å². The highest BCUT2D eigenvalue weighted by atomic mass is 32.2. The highest BCUT2D eigenvalue weighted by Crippen LogP contribution is 2.18. The minimum Gasteiger partial charge on any atom is -0.464 e. The van der Waals surface area contributed by atoms with Crippen molar-refractivity contribution in [1.29, 1.82) is 0 Å². The van der Waals surface area contributed by atoms with E-state index in [0.717, 1.165) is 12.0 Å². The molecule has 0 aliphatic rings. The molecule has 2 aromatic rings. The van der Waals surface area contributed by atoms with E-state index in [4.69, 9.17) is 4.52 Å². The number of fused-ring (bicyclic) bond motifs is 1. The predicted molar refractivity (Wildman–Crippen MR) is 64.5 cm³/mol. The Morgan fingerprint density at radius 3 is 3.15 bits per heavy atom. The third kappa shape index (κ3) is 3.40. The van der Waals surface area contributed by atoms with Crippen LogP contribution in [0.3, 0.4) is 0 Å². The molecule has 0 unspecified atom stereocenters. The average Bonchev–Trinajstić information content (AvgIpc) is 2.89. The molecule has 0 amide bonds. The molecule has 11 heteroatoms. The van der Waals surface area contributed by atoms with Gasteiger partial charge in [-0.05, 0) is 5.04 Å². The van der Waals surface area contributed by atoms with Crippen LogP contribution in [0, 0.1) is 0 Å². The number of carbonyl (C=O) groups excluding carboxylic acids is 1. The van der Waals surface area contributed by atoms with Crippen molar-refractivity contribution in [3.05, 3.63) is 17.6 Å². The number of ether oxygens (including phenoxy) is 1. The zero-order valence-corrected chi connectivity index (χ0v) is 11.3. The van der Waals surface area contributed by atoms with Crippen LogP contribution < -0.4 is 5.48 Å². The molecule has 0 saturated carbocycles. The van der Waals surface area contributed by atoms with E-state index in [1.807, 2.05) is 0 Å². The van der Waals surface area contributed by atoms with E-state index in [1.54, 1.807) is 0 Å². The summed E-state index contributed by atoms with van der Waals surface area (Å²) in [5, 5.41) is 7.82. The van der Waals surface area contributed by atoms with Crippen LogP contribution in [0.1, 0.15) is 16.2 Å². The molecule has 0 saturated heterocycles. The highest BCUT2D eigenvalue weighted by molar-refractivity contribution is 7.93. The second kappa shape index (κ2) is 7.12. The van der Waals surface area contributed by atoms with E-state index in [-0.39, 0.29) is 16.9 Å². The Hall–Kier alpha value is -1.79. The summed E-state index contributed by atoms with van der Waals surface area (Å²) in [6, 6.07) is 0. The summed E-state index contributed by atoms with van der Waals surface area (Å²) in [7, 11) is 2.75. The van der Waals surface area contributed by atoms with E-state index in [0.29, 0.717) is 11.4 Å². The van der Waals surface area contributed by atoms with Gasteiger partial charge in [0.15, 0.2) is 5.52 Å². The van der Waals surface area contributed by atoms with Gasteiger partial charge < -0.3 is 9.26 Å². The number of hydrogen-bond acceptors (Lipinski definition) is 11. The summed E-state index contributed by atoms with van der Waals surface area (Å²) in [6.07, 6.45) is 1.46. The number of hydroxylamine groups is 1. The fraction of sp³-hybridized carbons (Fsp3) is 0.333. The Kier molecular flexibility index (Phi) is 5.20. The van der Waals surface area contributed by atoms with Gasteiger partial charge in [0.05, 0.1) is 24.8 Å². The third-order valence-corrected chi connectivity index (χ3v) is 2.58. The third-order valence-electron chi connectivity index (χ3n) is 2.02. The molecule has 20 heavy (non-hydrogen) atoms. The smallest absolute Gasteiger partial charge is 0.362 e. The first kappa shape index (κ1) is 14.6. The number of nitrogens with zero attached hydrogens (tertiary/aromatic N) is 3. The van der Waals surface area contributed by atoms with Crippen molar-refractivity contribution in [2.45, 2.75) is 5.75 Å². The number of esters is 1. The minimum absolute atomic E-state index is 0.0301. The fourth-order valence-corrected chi connectivity index (χ4v) is 1.59. The van der Waals surface area contributed by atoms with E-state index >= 15 is 0 Å². The molecule has 0 spiro atoms. The molecule has 2 aromatic heterocycles. The van der Waals surface area contributed by atoms with Gasteiger partial charge in [-0.3, -0.25) is 0 Å². The Morgan fingerprint density at radius 1 is 1.55 bits per heavy atom. The van der Waals surface area contributed by atoms with Crippen molar-refractivity contribution in [3.8, 4) is 0 Å². The van der Waals surface area contributed by atoms with Crippen LogP contribution in [0.4, 0.5) is 0 Å². The lowest BCUT2D eigenvalue weighted by atomic mass is 10.3. The van der Waals surface area contributed by atoms with Gasteiger partial charge in [0, 0.05) is 19.1 Å². The van der Waals surface area contributed by atoms with Crippen molar-refractivity contribution in [3.63, 3.8) is 0 Å². The summed E-state index contributed by atoms with van der Waals surface area (Å²) in [5.74, 6) is -0.341. The molecule has 0 bridgehead atoms. The number of hydrogen-bond donors (Lipinski definition) is 1. The first-order chi connectivity index (χ1) is 9.76. The van der Waals surface area contributed by atoms with Gasteiger partial charge in [-0.25, -0.2) is 14.8 Å². The van der Waals surface area contributed by atoms with Gasteiger partial charge in [-0.1, -0.05) is 5.16 Å². The molecule has 0 aliphatic carbocycles. The van der Waals surface area contributed by atoms with Crippen molar-refractivity contribution in [2.24, 2.45) is 0 Å². The number of methoxy groups -OCH3 is 1. The highest BCUT2D eigenvalue weighted by Gasteiger charge is 2.19. The van der Waals surface area contributed by atoms with Crippen LogP contribution in [0.25, 0.3) is 11.2 Å². The van der Waals surface area contributed by atoms with E-state index in [2.05, 4.69) is 39.7 Å². The largest absolute Gasteiger partial charge is 0.464 e. The minimum atomic E-state index is -0.648. The maximum Gasteiger partial charge on any atom is 0.362 e. The lowest BCUT2D eigenvalue weighted by Crippen LogP contribution is -2.06. The zero-order valence-electron chi connectivity index (χ0n) is 10.5. The lowest BCUT2D eigenvalue weighted by molar-refractivity contribution is -0.484. The second-order valence-corrected chi connectivity index (χ2v) is 3.88. The molecular weight excluding hydrogens is 292 g/mol. The van der Waals surface area contributed by atoms with Crippen LogP contribution >= 0.6 is 12.0 Å². The standard InChI is InChI=1S/C9H10N4O6S/c1-10-17-18-19-20-4-5-3-11-8-6(12-5)7(13-16-8)9(14)15-2/h3,10H,4H2,1-2H3. The normalized spacial score (nSPS) is 10.9. The van der Waals surface area contributed by atoms with Crippen molar-refractivity contribution < 1.29 is 28.4 Å². The van der Waals surface area contributed by atoms with Crippen LogP contribution in [-0.4, -0.2) is 35.3 Å². The molecule has 2 rings (SSSR count). The fourth-order valence-electron chi connectivity index (χ4n) is 1.22. The van der Waals surface area contributed by atoms with E-state index in [9.17, 15) is 4.79 Å². The average molecular weight is 302 g/mol. The maximum absolute atomic E-state index is 11.4. The maximum atomic E-state index is 11.4. The molecule has 0 aromatic carbocycles. The molecule has 10 nitrogen and oxygen atoms in total. The van der Waals surface area contributed by atoms with Crippen LogP contribution in [0.15, 0.2) is 10.7 Å². The van der Waals surface area contributed by atoms with Crippen molar-refractivity contribution in [2.75, 3.05) is 14.2 Å². The molecule has 0 aliphatic heterocycles. The summed E-state index contributed by atoms with van der Waals surface area (Å²) >= 11 is 0.921. The quantitative estimate of drug-likeness (QED) is 0.254. The van der Waals surface area contributed by atoms with Gasteiger partial charge in [0.1, 0.15) is 0 Å². The Bertz CT molecular complexity index is 591. The van der Waals surface area contributed by atoms with Crippen LogP contribution in [0.5, 0.6) is 0 Å². The number of nitrogens with one attached hydrogen (secondary N) is 1. The first-order valence-electron chi connectivity index (χ1n) is 5.24. The summed E-state index contributed by atoms with van der Waals surface area (Å²) in [4.78, 5) is 23.9. The molecule has 2 heterocycles. The van der Waals surface area contributed by atoms with Gasteiger partial charge in [-0.15, -0.1) is 9.32 Å². The van der Waals surface area contributed by atoms with Gasteiger partial charge in [0.25, 0.3) is 5.71 Å². The molecule has 0 atom stereocenters. The number of carbonyl (C=O) groups is 1. The van der Waals surface area contributed by atoms with Crippen LogP contribution in [-0.2, 0) is 24.9 Å². The number of aromatic nitrogens is 3. The van der Waals surface area contributed by atoms with Crippen molar-refractivity contribution >= 4 is 29.2 Å². The lowest BCUT2D eigenvalue weighted by Gasteiger charge is -2.00. The van der Waals surface area contributed by atoms with Crippen molar-refractivity contribution in [1.82, 2.24) is 20.6 Å². The summed E-state index contributed by atoms with van der Waals surface area (Å²) in [5.41, 5.74) is 3.13. The van der Waals surface area contributed by atoms with Gasteiger partial charge in [0.2, 0.25) is 5.69 Å². The van der Waals surface area contributed by atoms with Crippen LogP contribution in [0.2, 0.25) is 0 Å². The SMILES string of the molecule is CNOOOSCc1cnc2onc(C(=O)OC)c2n1. The molecule has 0 fully saturated rings. The summed E-state index contributed by atoms with van der Waals surface area (Å²) in [6.45, 7) is 0. The van der Waals surface area contributed by atoms with E-state index < -0.39 is 5.97 Å². The zero-order chi connectivity index (χ0) is 14.4. The monoisotopic (exact) mass is 302 g/mol. The Morgan fingerprint density at radius 2 is 2.40 bits per heavy atom. The van der Waals surface area contributed by atoms with Gasteiger partial charge in [-0.2, -0.15) is 5.48 Å². The molecule has 1 N–H and O–H groups in total. The Balaban J connectivity index is 2.06. The number of rotatable bonds is 7. The first-order valence-corrected chi connectivity index (χ1v) is 6.15. The summed E-state index contributed by atoms with van der Waals surface area (Å²) < 4.78 is 14.0. The molecule has 108 valence electrons. The molecule has 0 radical (unpaired) electrons. The predicted octanol–water partition coefficient (Wildman–Crippen LogP) is 0.567.